The van der Waals surface area contributed by atoms with Crippen LogP contribution in [-0.4, -0.2) is 16.0 Å². The fourth-order valence-corrected chi connectivity index (χ4v) is 3.43. The van der Waals surface area contributed by atoms with Gasteiger partial charge in [0, 0.05) is 30.3 Å². The predicted molar refractivity (Wildman–Crippen MR) is 101 cm³/mol. The first kappa shape index (κ1) is 18.7. The Hall–Kier alpha value is -1.62. The van der Waals surface area contributed by atoms with E-state index in [-0.39, 0.29) is 0 Å². The number of nitrogens with zero attached hydrogens (tertiary/aromatic N) is 1. The molecule has 2 aromatic rings. The lowest BCUT2D eigenvalue weighted by molar-refractivity contribution is 0.0184. The summed E-state index contributed by atoms with van der Waals surface area (Å²) in [4.78, 5) is 3.69. The summed E-state index contributed by atoms with van der Waals surface area (Å²) >= 11 is 1.77. The van der Waals surface area contributed by atoms with E-state index in [2.05, 4.69) is 49.4 Å². The summed E-state index contributed by atoms with van der Waals surface area (Å²) in [6.07, 6.45) is 4.30. The summed E-state index contributed by atoms with van der Waals surface area (Å²) in [7, 11) is 0. The van der Waals surface area contributed by atoms with Gasteiger partial charge in [0.1, 0.15) is 17.1 Å². The molecule has 24 heavy (non-hydrogen) atoms. The van der Waals surface area contributed by atoms with E-state index in [0.717, 1.165) is 12.3 Å². The molecule has 0 aliphatic carbocycles. The Balaban J connectivity index is 2.13. The zero-order chi connectivity index (χ0) is 17.6. The van der Waals surface area contributed by atoms with Gasteiger partial charge in [0.05, 0.1) is 6.54 Å². The molecule has 4 heteroatoms. The highest BCUT2D eigenvalue weighted by molar-refractivity contribution is 7.09. The number of furan rings is 1. The van der Waals surface area contributed by atoms with E-state index in [1.807, 2.05) is 12.1 Å². The molecule has 0 saturated carbocycles. The molecule has 0 aliphatic heterocycles. The Bertz CT molecular complexity index is 632. The summed E-state index contributed by atoms with van der Waals surface area (Å²) in [6, 6.07) is 8.46. The van der Waals surface area contributed by atoms with Gasteiger partial charge in [0.2, 0.25) is 0 Å². The molecule has 0 amide bonds. The third-order valence-corrected chi connectivity index (χ3v) is 4.97. The van der Waals surface area contributed by atoms with E-state index in [4.69, 9.17) is 4.42 Å². The van der Waals surface area contributed by atoms with Crippen molar-refractivity contribution in [2.75, 3.05) is 0 Å². The highest BCUT2D eigenvalue weighted by Gasteiger charge is 2.30. The van der Waals surface area contributed by atoms with E-state index in [9.17, 15) is 5.11 Å². The van der Waals surface area contributed by atoms with Crippen molar-refractivity contribution in [2.24, 2.45) is 0 Å². The molecular weight excluding hydrogens is 318 g/mol. The van der Waals surface area contributed by atoms with Crippen LogP contribution in [0.4, 0.5) is 0 Å². The fourth-order valence-electron chi connectivity index (χ4n) is 2.70. The van der Waals surface area contributed by atoms with E-state index >= 15 is 0 Å². The van der Waals surface area contributed by atoms with Gasteiger partial charge in [-0.3, -0.25) is 4.90 Å². The monoisotopic (exact) mass is 345 g/mol. The second kappa shape index (κ2) is 8.47. The number of aliphatic hydroxyl groups is 1. The molecular formula is C20H27NO2S. The van der Waals surface area contributed by atoms with Crippen molar-refractivity contribution in [1.29, 1.82) is 0 Å². The zero-order valence-corrected chi connectivity index (χ0v) is 15.4. The lowest BCUT2D eigenvalue weighted by Gasteiger charge is -2.25. The molecule has 0 aromatic carbocycles. The Morgan fingerprint density at radius 1 is 1.21 bits per heavy atom. The van der Waals surface area contributed by atoms with Crippen LogP contribution in [0.25, 0.3) is 0 Å². The summed E-state index contributed by atoms with van der Waals surface area (Å²) in [5.41, 5.74) is -1.06. The minimum Gasteiger partial charge on any atom is -0.462 e. The van der Waals surface area contributed by atoms with Crippen molar-refractivity contribution < 1.29 is 9.52 Å². The van der Waals surface area contributed by atoms with Crippen LogP contribution in [0.1, 0.15) is 43.1 Å². The summed E-state index contributed by atoms with van der Waals surface area (Å²) in [5.74, 6) is 1.44. The second-order valence-corrected chi connectivity index (χ2v) is 7.39. The van der Waals surface area contributed by atoms with Crippen LogP contribution in [-0.2, 0) is 18.7 Å². The molecule has 0 atom stereocenters. The highest BCUT2D eigenvalue weighted by Crippen LogP contribution is 2.31. The SMILES string of the molecule is C=CCC(O)(CC=C)c1ccc(CN(Cc2cccs2)C(C)C)o1. The first-order chi connectivity index (χ1) is 11.5. The third-order valence-electron chi connectivity index (χ3n) is 4.11. The Kier molecular flexibility index (Phi) is 6.60. The van der Waals surface area contributed by atoms with E-state index < -0.39 is 5.60 Å². The zero-order valence-electron chi connectivity index (χ0n) is 14.6. The smallest absolute Gasteiger partial charge is 0.136 e. The third kappa shape index (κ3) is 4.69. The predicted octanol–water partition coefficient (Wildman–Crippen LogP) is 5.09. The van der Waals surface area contributed by atoms with Gasteiger partial charge in [0.15, 0.2) is 0 Å². The van der Waals surface area contributed by atoms with Crippen LogP contribution in [0.15, 0.2) is 59.4 Å². The molecule has 1 N–H and O–H groups in total. The Labute approximate surface area is 148 Å². The minimum atomic E-state index is -1.06. The largest absolute Gasteiger partial charge is 0.462 e. The number of thiophene rings is 1. The average Bonchev–Trinajstić information content (AvgIpc) is 3.18. The van der Waals surface area contributed by atoms with Crippen molar-refractivity contribution in [3.05, 3.63) is 71.4 Å². The number of hydrogen-bond acceptors (Lipinski definition) is 4. The van der Waals surface area contributed by atoms with Gasteiger partial charge >= 0.3 is 0 Å². The Morgan fingerprint density at radius 2 is 1.92 bits per heavy atom. The van der Waals surface area contributed by atoms with E-state index in [1.54, 1.807) is 23.5 Å². The topological polar surface area (TPSA) is 36.6 Å². The van der Waals surface area contributed by atoms with Gasteiger partial charge in [0.25, 0.3) is 0 Å². The normalized spacial score (nSPS) is 12.0. The van der Waals surface area contributed by atoms with Gasteiger partial charge in [-0.25, -0.2) is 0 Å². The van der Waals surface area contributed by atoms with Gasteiger partial charge in [-0.2, -0.15) is 0 Å². The molecule has 0 saturated heterocycles. The van der Waals surface area contributed by atoms with Crippen molar-refractivity contribution in [2.45, 2.75) is 51.4 Å². The standard InChI is InChI=1S/C20H27NO2S/c1-5-11-20(22,12-6-2)19-10-9-17(23-19)14-21(16(3)4)15-18-8-7-13-24-18/h5-10,13,16,22H,1-2,11-12,14-15H2,3-4H3. The quantitative estimate of drug-likeness (QED) is 0.609. The number of rotatable bonds is 10. The second-order valence-electron chi connectivity index (χ2n) is 6.36. The van der Waals surface area contributed by atoms with Crippen LogP contribution < -0.4 is 0 Å². The van der Waals surface area contributed by atoms with Crippen molar-refractivity contribution >= 4 is 11.3 Å². The first-order valence-electron chi connectivity index (χ1n) is 8.28. The van der Waals surface area contributed by atoms with E-state index in [1.165, 1.54) is 4.88 Å². The maximum atomic E-state index is 10.8. The van der Waals surface area contributed by atoms with Crippen molar-refractivity contribution in [3.63, 3.8) is 0 Å². The van der Waals surface area contributed by atoms with Crippen LogP contribution in [0.3, 0.4) is 0 Å². The van der Waals surface area contributed by atoms with Crippen molar-refractivity contribution in [1.82, 2.24) is 4.90 Å². The molecule has 0 bridgehead atoms. The Morgan fingerprint density at radius 3 is 2.46 bits per heavy atom. The molecule has 3 nitrogen and oxygen atoms in total. The average molecular weight is 346 g/mol. The highest BCUT2D eigenvalue weighted by atomic mass is 32.1. The molecule has 0 spiro atoms. The van der Waals surface area contributed by atoms with Crippen LogP contribution in [0.2, 0.25) is 0 Å². The maximum Gasteiger partial charge on any atom is 0.136 e. The van der Waals surface area contributed by atoms with Crippen LogP contribution >= 0.6 is 11.3 Å². The maximum absolute atomic E-state index is 10.8. The molecule has 0 radical (unpaired) electrons. The molecule has 2 heterocycles. The molecule has 130 valence electrons. The minimum absolute atomic E-state index is 0.404. The van der Waals surface area contributed by atoms with Gasteiger partial charge in [-0.1, -0.05) is 18.2 Å². The summed E-state index contributed by atoms with van der Waals surface area (Å²) < 4.78 is 5.97. The van der Waals surface area contributed by atoms with Gasteiger partial charge in [-0.05, 0) is 37.4 Å². The van der Waals surface area contributed by atoms with Crippen LogP contribution in [0, 0.1) is 0 Å². The lowest BCUT2D eigenvalue weighted by atomic mass is 9.93. The van der Waals surface area contributed by atoms with E-state index in [0.29, 0.717) is 31.2 Å². The molecule has 0 fully saturated rings. The molecule has 2 aromatic heterocycles. The first-order valence-corrected chi connectivity index (χ1v) is 9.16. The fraction of sp³-hybridized carbons (Fsp3) is 0.400. The lowest BCUT2D eigenvalue weighted by Crippen LogP contribution is -2.29. The van der Waals surface area contributed by atoms with Gasteiger partial charge in [-0.15, -0.1) is 24.5 Å². The summed E-state index contributed by atoms with van der Waals surface area (Å²) in [6.45, 7) is 13.4. The van der Waals surface area contributed by atoms with Crippen molar-refractivity contribution in [3.8, 4) is 0 Å². The molecule has 0 unspecified atom stereocenters. The number of hydrogen-bond donors (Lipinski definition) is 1. The van der Waals surface area contributed by atoms with Crippen LogP contribution in [0.5, 0.6) is 0 Å². The summed E-state index contributed by atoms with van der Waals surface area (Å²) in [5, 5.41) is 12.9. The van der Waals surface area contributed by atoms with Gasteiger partial charge < -0.3 is 9.52 Å². The molecule has 2 rings (SSSR count). The molecule has 0 aliphatic rings.